The van der Waals surface area contributed by atoms with Crippen molar-refractivity contribution in [2.24, 2.45) is 0 Å². The molecule has 0 aliphatic rings. The summed E-state index contributed by atoms with van der Waals surface area (Å²) in [4.78, 5) is 3.61. The number of aromatic nitrogens is 3. The molecule has 17 heavy (non-hydrogen) atoms. The van der Waals surface area contributed by atoms with E-state index in [1.54, 1.807) is 11.0 Å². The molecule has 0 saturated heterocycles. The minimum atomic E-state index is 0.156. The Balaban J connectivity index is 2.06. The van der Waals surface area contributed by atoms with E-state index in [1.807, 2.05) is 42.3 Å². The molecule has 0 amide bonds. The molecule has 0 bridgehead atoms. The van der Waals surface area contributed by atoms with Gasteiger partial charge in [-0.25, -0.2) is 0 Å². The number of para-hydroxylation sites is 1. The van der Waals surface area contributed by atoms with Crippen LogP contribution in [0.2, 0.25) is 0 Å². The highest BCUT2D eigenvalue weighted by molar-refractivity contribution is 5.28. The van der Waals surface area contributed by atoms with E-state index in [0.29, 0.717) is 13.1 Å². The fraction of sp³-hybridized carbons (Fsp3) is 0.333. The van der Waals surface area contributed by atoms with Crippen molar-refractivity contribution in [2.75, 3.05) is 20.2 Å². The van der Waals surface area contributed by atoms with Crippen LogP contribution in [-0.2, 0) is 6.54 Å². The highest BCUT2D eigenvalue weighted by Gasteiger charge is 2.05. The van der Waals surface area contributed by atoms with Gasteiger partial charge in [-0.3, -0.25) is 4.90 Å². The molecule has 0 saturated carbocycles. The number of hydrogen-bond acceptors (Lipinski definition) is 4. The SMILES string of the molecule is CN(CCO)Cc1cnn(-c2ccccc2)n1. The Morgan fingerprint density at radius 2 is 2.06 bits per heavy atom. The molecule has 0 aliphatic heterocycles. The van der Waals surface area contributed by atoms with Gasteiger partial charge in [0, 0.05) is 13.1 Å². The minimum Gasteiger partial charge on any atom is -0.395 e. The number of hydrogen-bond donors (Lipinski definition) is 1. The molecule has 0 unspecified atom stereocenters. The molecular weight excluding hydrogens is 216 g/mol. The van der Waals surface area contributed by atoms with Crippen LogP contribution < -0.4 is 0 Å². The van der Waals surface area contributed by atoms with Gasteiger partial charge in [-0.2, -0.15) is 15.0 Å². The van der Waals surface area contributed by atoms with Crippen LogP contribution in [0.15, 0.2) is 36.5 Å². The molecule has 90 valence electrons. The van der Waals surface area contributed by atoms with Crippen molar-refractivity contribution in [1.29, 1.82) is 0 Å². The number of aliphatic hydroxyl groups excluding tert-OH is 1. The fourth-order valence-electron chi connectivity index (χ4n) is 1.58. The van der Waals surface area contributed by atoms with Gasteiger partial charge in [-0.1, -0.05) is 18.2 Å². The summed E-state index contributed by atoms with van der Waals surface area (Å²) in [6, 6.07) is 9.79. The summed E-state index contributed by atoms with van der Waals surface area (Å²) in [7, 11) is 1.94. The first-order chi connectivity index (χ1) is 8.29. The highest BCUT2D eigenvalue weighted by atomic mass is 16.3. The molecule has 0 fully saturated rings. The Labute approximate surface area is 100 Å². The largest absolute Gasteiger partial charge is 0.395 e. The van der Waals surface area contributed by atoms with Gasteiger partial charge in [-0.15, -0.1) is 0 Å². The summed E-state index contributed by atoms with van der Waals surface area (Å²) in [5, 5.41) is 17.4. The van der Waals surface area contributed by atoms with Gasteiger partial charge >= 0.3 is 0 Å². The Hall–Kier alpha value is -1.72. The average Bonchev–Trinajstić information content (AvgIpc) is 2.79. The molecule has 0 radical (unpaired) electrons. The summed E-state index contributed by atoms with van der Waals surface area (Å²) >= 11 is 0. The molecular formula is C12H16N4O. The van der Waals surface area contributed by atoms with Gasteiger partial charge in [0.05, 0.1) is 24.2 Å². The van der Waals surface area contributed by atoms with Crippen molar-refractivity contribution < 1.29 is 5.11 Å². The summed E-state index contributed by atoms with van der Waals surface area (Å²) in [5.41, 5.74) is 1.84. The van der Waals surface area contributed by atoms with Crippen LogP contribution in [0, 0.1) is 0 Å². The van der Waals surface area contributed by atoms with Crippen molar-refractivity contribution in [3.05, 3.63) is 42.2 Å². The second-order valence-electron chi connectivity index (χ2n) is 3.92. The Morgan fingerprint density at radius 3 is 2.76 bits per heavy atom. The first-order valence-electron chi connectivity index (χ1n) is 5.55. The van der Waals surface area contributed by atoms with E-state index in [-0.39, 0.29) is 6.61 Å². The van der Waals surface area contributed by atoms with Crippen LogP contribution in [0.5, 0.6) is 0 Å². The van der Waals surface area contributed by atoms with Gasteiger partial charge in [0.2, 0.25) is 0 Å². The maximum atomic E-state index is 8.81. The molecule has 0 aliphatic carbocycles. The molecule has 5 heteroatoms. The average molecular weight is 232 g/mol. The lowest BCUT2D eigenvalue weighted by Gasteiger charge is -2.12. The van der Waals surface area contributed by atoms with E-state index in [2.05, 4.69) is 10.2 Å². The lowest BCUT2D eigenvalue weighted by atomic mass is 10.3. The summed E-state index contributed by atoms with van der Waals surface area (Å²) < 4.78 is 0. The van der Waals surface area contributed by atoms with Crippen molar-refractivity contribution in [3.8, 4) is 5.69 Å². The van der Waals surface area contributed by atoms with E-state index >= 15 is 0 Å². The molecule has 5 nitrogen and oxygen atoms in total. The standard InChI is InChI=1S/C12H16N4O/c1-15(7-8-17)10-11-9-13-16(14-11)12-5-3-2-4-6-12/h2-6,9,17H,7-8,10H2,1H3. The van der Waals surface area contributed by atoms with E-state index in [4.69, 9.17) is 5.11 Å². The third-order valence-corrected chi connectivity index (χ3v) is 2.44. The maximum Gasteiger partial charge on any atom is 0.0971 e. The van der Waals surface area contributed by atoms with Crippen LogP contribution >= 0.6 is 0 Å². The van der Waals surface area contributed by atoms with Gasteiger partial charge < -0.3 is 5.11 Å². The van der Waals surface area contributed by atoms with Crippen molar-refractivity contribution in [2.45, 2.75) is 6.54 Å². The fourth-order valence-corrected chi connectivity index (χ4v) is 1.58. The minimum absolute atomic E-state index is 0.156. The van der Waals surface area contributed by atoms with Gasteiger partial charge in [0.1, 0.15) is 0 Å². The first kappa shape index (κ1) is 11.8. The molecule has 1 heterocycles. The summed E-state index contributed by atoms with van der Waals surface area (Å²) in [6.07, 6.45) is 1.75. The zero-order valence-electron chi connectivity index (χ0n) is 9.82. The third-order valence-electron chi connectivity index (χ3n) is 2.44. The Kier molecular flexibility index (Phi) is 3.85. The third kappa shape index (κ3) is 3.12. The molecule has 1 aromatic carbocycles. The Morgan fingerprint density at radius 1 is 1.29 bits per heavy atom. The van der Waals surface area contributed by atoms with E-state index in [1.165, 1.54) is 0 Å². The first-order valence-corrected chi connectivity index (χ1v) is 5.55. The lowest BCUT2D eigenvalue weighted by Crippen LogP contribution is -2.21. The van der Waals surface area contributed by atoms with Crippen LogP contribution in [0.1, 0.15) is 5.69 Å². The van der Waals surface area contributed by atoms with E-state index in [0.717, 1.165) is 11.4 Å². The van der Waals surface area contributed by atoms with Crippen LogP contribution in [0.4, 0.5) is 0 Å². The van der Waals surface area contributed by atoms with Gasteiger partial charge in [0.25, 0.3) is 0 Å². The lowest BCUT2D eigenvalue weighted by molar-refractivity contribution is 0.216. The Bertz CT molecular complexity index is 455. The normalized spacial score (nSPS) is 11.0. The number of rotatable bonds is 5. The van der Waals surface area contributed by atoms with Gasteiger partial charge in [-0.05, 0) is 19.2 Å². The number of benzene rings is 1. The molecule has 0 atom stereocenters. The van der Waals surface area contributed by atoms with E-state index in [9.17, 15) is 0 Å². The molecule has 2 rings (SSSR count). The van der Waals surface area contributed by atoms with Crippen molar-refractivity contribution >= 4 is 0 Å². The number of likely N-dealkylation sites (N-methyl/N-ethyl adjacent to an activating group) is 1. The number of aliphatic hydroxyl groups is 1. The predicted octanol–water partition coefficient (Wildman–Crippen LogP) is 0.691. The quantitative estimate of drug-likeness (QED) is 0.824. The molecule has 0 spiro atoms. The molecule has 1 N–H and O–H groups in total. The van der Waals surface area contributed by atoms with Crippen molar-refractivity contribution in [3.63, 3.8) is 0 Å². The van der Waals surface area contributed by atoms with Crippen molar-refractivity contribution in [1.82, 2.24) is 19.9 Å². The summed E-state index contributed by atoms with van der Waals surface area (Å²) in [5.74, 6) is 0. The van der Waals surface area contributed by atoms with Gasteiger partial charge in [0.15, 0.2) is 0 Å². The zero-order chi connectivity index (χ0) is 12.1. The second kappa shape index (κ2) is 5.56. The highest BCUT2D eigenvalue weighted by Crippen LogP contribution is 2.05. The van der Waals surface area contributed by atoms with Crippen LogP contribution in [0.3, 0.4) is 0 Å². The van der Waals surface area contributed by atoms with E-state index < -0.39 is 0 Å². The monoisotopic (exact) mass is 232 g/mol. The predicted molar refractivity (Wildman–Crippen MR) is 64.8 cm³/mol. The summed E-state index contributed by atoms with van der Waals surface area (Å²) in [6.45, 7) is 1.48. The second-order valence-corrected chi connectivity index (χ2v) is 3.92. The van der Waals surface area contributed by atoms with Crippen LogP contribution in [0.25, 0.3) is 5.69 Å². The smallest absolute Gasteiger partial charge is 0.0971 e. The topological polar surface area (TPSA) is 54.2 Å². The molecule has 2 aromatic rings. The van der Waals surface area contributed by atoms with Crippen LogP contribution in [-0.4, -0.2) is 45.2 Å². The maximum absolute atomic E-state index is 8.81. The molecule has 1 aromatic heterocycles. The number of nitrogens with zero attached hydrogens (tertiary/aromatic N) is 4. The zero-order valence-corrected chi connectivity index (χ0v) is 9.82.